The molecule has 0 saturated carbocycles. The molecule has 1 atom stereocenters. The number of hydrogen-bond donors (Lipinski definition) is 1. The summed E-state index contributed by atoms with van der Waals surface area (Å²) in [7, 11) is 0. The average Bonchev–Trinajstić information content (AvgIpc) is 2.33. The molecule has 0 aliphatic carbocycles. The Bertz CT molecular complexity index is 367. The van der Waals surface area contributed by atoms with E-state index in [1.54, 1.807) is 0 Å². The predicted molar refractivity (Wildman–Crippen MR) is 72.1 cm³/mol. The Morgan fingerprint density at radius 3 is 3.19 bits per heavy atom. The van der Waals surface area contributed by atoms with Gasteiger partial charge in [-0.15, -0.1) is 0 Å². The number of anilines is 2. The lowest BCUT2D eigenvalue weighted by molar-refractivity contribution is 0.721. The third-order valence-corrected chi connectivity index (χ3v) is 4.45. The molecule has 2 N–H and O–H groups in total. The smallest absolute Gasteiger partial charge is 0.152 e. The molecule has 1 aromatic heterocycles. The Kier molecular flexibility index (Phi) is 3.59. The van der Waals surface area contributed by atoms with E-state index in [0.29, 0.717) is 0 Å². The third-order valence-electron chi connectivity index (χ3n) is 3.08. The van der Waals surface area contributed by atoms with Gasteiger partial charge in [-0.05, 0) is 25.0 Å². The van der Waals surface area contributed by atoms with Crippen molar-refractivity contribution in [3.05, 3.63) is 17.8 Å². The monoisotopic (exact) mass is 237 g/mol. The SMILES string of the molecule is CCC1CN(c2nccc(C)c2N)CCS1. The van der Waals surface area contributed by atoms with Gasteiger partial charge in [0.05, 0.1) is 5.69 Å². The number of nitrogen functional groups attached to an aromatic ring is 1. The zero-order valence-electron chi connectivity index (χ0n) is 9.94. The Balaban J connectivity index is 2.20. The summed E-state index contributed by atoms with van der Waals surface area (Å²) >= 11 is 2.06. The summed E-state index contributed by atoms with van der Waals surface area (Å²) < 4.78 is 0. The van der Waals surface area contributed by atoms with Crippen LogP contribution in [0.5, 0.6) is 0 Å². The van der Waals surface area contributed by atoms with Crippen molar-refractivity contribution >= 4 is 23.3 Å². The fourth-order valence-corrected chi connectivity index (χ4v) is 3.15. The van der Waals surface area contributed by atoms with Gasteiger partial charge in [-0.3, -0.25) is 0 Å². The van der Waals surface area contributed by atoms with Gasteiger partial charge >= 0.3 is 0 Å². The van der Waals surface area contributed by atoms with E-state index in [-0.39, 0.29) is 0 Å². The first-order valence-corrected chi connectivity index (χ1v) is 6.85. The van der Waals surface area contributed by atoms with Crippen LogP contribution in [0, 0.1) is 6.92 Å². The van der Waals surface area contributed by atoms with Crippen molar-refractivity contribution in [1.82, 2.24) is 4.98 Å². The zero-order chi connectivity index (χ0) is 11.5. The fourth-order valence-electron chi connectivity index (χ4n) is 1.97. The van der Waals surface area contributed by atoms with Crippen molar-refractivity contribution in [1.29, 1.82) is 0 Å². The van der Waals surface area contributed by atoms with E-state index in [1.807, 2.05) is 19.2 Å². The topological polar surface area (TPSA) is 42.2 Å². The first-order valence-electron chi connectivity index (χ1n) is 5.80. The maximum absolute atomic E-state index is 6.09. The number of pyridine rings is 1. The second-order valence-electron chi connectivity index (χ2n) is 4.21. The molecule has 3 nitrogen and oxygen atoms in total. The van der Waals surface area contributed by atoms with Crippen molar-refractivity contribution in [3.63, 3.8) is 0 Å². The van der Waals surface area contributed by atoms with Crippen molar-refractivity contribution in [2.24, 2.45) is 0 Å². The molecule has 88 valence electrons. The summed E-state index contributed by atoms with van der Waals surface area (Å²) in [5, 5.41) is 0.718. The maximum atomic E-state index is 6.09. The van der Waals surface area contributed by atoms with Crippen molar-refractivity contribution in [3.8, 4) is 0 Å². The molecule has 0 aromatic carbocycles. The van der Waals surface area contributed by atoms with Gasteiger partial charge in [-0.25, -0.2) is 4.98 Å². The second-order valence-corrected chi connectivity index (χ2v) is 5.62. The normalized spacial score (nSPS) is 21.1. The van der Waals surface area contributed by atoms with Gasteiger partial charge in [0, 0.05) is 30.3 Å². The van der Waals surface area contributed by atoms with Gasteiger partial charge in [0.25, 0.3) is 0 Å². The highest BCUT2D eigenvalue weighted by molar-refractivity contribution is 8.00. The zero-order valence-corrected chi connectivity index (χ0v) is 10.8. The van der Waals surface area contributed by atoms with E-state index >= 15 is 0 Å². The minimum Gasteiger partial charge on any atom is -0.396 e. The molecule has 2 heterocycles. The van der Waals surface area contributed by atoms with E-state index in [2.05, 4.69) is 28.6 Å². The van der Waals surface area contributed by atoms with Crippen LogP contribution in [0.15, 0.2) is 12.3 Å². The molecule has 1 unspecified atom stereocenters. The number of thioether (sulfide) groups is 1. The lowest BCUT2D eigenvalue weighted by atomic mass is 10.2. The lowest BCUT2D eigenvalue weighted by Gasteiger charge is -2.33. The number of aromatic nitrogens is 1. The molecule has 0 radical (unpaired) electrons. The lowest BCUT2D eigenvalue weighted by Crippen LogP contribution is -2.38. The van der Waals surface area contributed by atoms with Crippen LogP contribution in [0.2, 0.25) is 0 Å². The van der Waals surface area contributed by atoms with E-state index in [9.17, 15) is 0 Å². The summed E-state index contributed by atoms with van der Waals surface area (Å²) in [5.74, 6) is 2.15. The summed E-state index contributed by atoms with van der Waals surface area (Å²) in [6, 6.07) is 1.97. The molecule has 1 aromatic rings. The Hall–Kier alpha value is -0.900. The first-order chi connectivity index (χ1) is 7.72. The summed E-state index contributed by atoms with van der Waals surface area (Å²) in [4.78, 5) is 6.75. The summed E-state index contributed by atoms with van der Waals surface area (Å²) in [6.07, 6.45) is 3.07. The number of rotatable bonds is 2. The maximum Gasteiger partial charge on any atom is 0.152 e. The largest absolute Gasteiger partial charge is 0.396 e. The standard InChI is InChI=1S/C12H19N3S/c1-3-10-8-15(6-7-16-10)12-11(13)9(2)4-5-14-12/h4-5,10H,3,6-8,13H2,1-2H3. The van der Waals surface area contributed by atoms with Crippen LogP contribution >= 0.6 is 11.8 Å². The third kappa shape index (κ3) is 2.26. The van der Waals surface area contributed by atoms with Crippen molar-refractivity contribution < 1.29 is 0 Å². The van der Waals surface area contributed by atoms with Crippen LogP contribution in [0.1, 0.15) is 18.9 Å². The first kappa shape index (κ1) is 11.6. The van der Waals surface area contributed by atoms with Crippen LogP contribution in [0.4, 0.5) is 11.5 Å². The molecule has 1 saturated heterocycles. The Morgan fingerprint density at radius 2 is 2.44 bits per heavy atom. The number of nitrogens with two attached hydrogens (primary N) is 1. The molecule has 2 rings (SSSR count). The van der Waals surface area contributed by atoms with Crippen LogP contribution in [-0.2, 0) is 0 Å². The average molecular weight is 237 g/mol. The fraction of sp³-hybridized carbons (Fsp3) is 0.583. The minimum atomic E-state index is 0.718. The predicted octanol–water partition coefficient (Wildman–Crippen LogP) is 2.30. The van der Waals surface area contributed by atoms with E-state index < -0.39 is 0 Å². The molecule has 1 aliphatic rings. The summed E-state index contributed by atoms with van der Waals surface area (Å²) in [6.45, 7) is 6.41. The highest BCUT2D eigenvalue weighted by Crippen LogP contribution is 2.29. The molecule has 16 heavy (non-hydrogen) atoms. The molecular weight excluding hydrogens is 218 g/mol. The minimum absolute atomic E-state index is 0.718. The van der Waals surface area contributed by atoms with Crippen LogP contribution < -0.4 is 10.6 Å². The molecule has 0 spiro atoms. The van der Waals surface area contributed by atoms with Gasteiger partial charge in [-0.1, -0.05) is 6.92 Å². The van der Waals surface area contributed by atoms with E-state index in [0.717, 1.165) is 35.4 Å². The van der Waals surface area contributed by atoms with Gasteiger partial charge in [-0.2, -0.15) is 11.8 Å². The Morgan fingerprint density at radius 1 is 1.62 bits per heavy atom. The highest BCUT2D eigenvalue weighted by atomic mass is 32.2. The molecule has 0 amide bonds. The number of aryl methyl sites for hydroxylation is 1. The highest BCUT2D eigenvalue weighted by Gasteiger charge is 2.21. The van der Waals surface area contributed by atoms with Gasteiger partial charge in [0.2, 0.25) is 0 Å². The van der Waals surface area contributed by atoms with E-state index in [1.165, 1.54) is 12.2 Å². The molecular formula is C12H19N3S. The van der Waals surface area contributed by atoms with Gasteiger partial charge < -0.3 is 10.6 Å². The van der Waals surface area contributed by atoms with Crippen molar-refractivity contribution in [2.75, 3.05) is 29.5 Å². The van der Waals surface area contributed by atoms with Crippen LogP contribution in [0.3, 0.4) is 0 Å². The number of nitrogens with zero attached hydrogens (tertiary/aromatic N) is 2. The van der Waals surface area contributed by atoms with Crippen molar-refractivity contribution in [2.45, 2.75) is 25.5 Å². The van der Waals surface area contributed by atoms with Gasteiger partial charge in [0.1, 0.15) is 0 Å². The van der Waals surface area contributed by atoms with Crippen LogP contribution in [-0.4, -0.2) is 29.1 Å². The van der Waals surface area contributed by atoms with Gasteiger partial charge in [0.15, 0.2) is 5.82 Å². The molecule has 0 bridgehead atoms. The van der Waals surface area contributed by atoms with E-state index in [4.69, 9.17) is 5.73 Å². The molecule has 1 aliphatic heterocycles. The Labute approximate surface area is 101 Å². The summed E-state index contributed by atoms with van der Waals surface area (Å²) in [5.41, 5.74) is 8.05. The second kappa shape index (κ2) is 4.95. The molecule has 4 heteroatoms. The quantitative estimate of drug-likeness (QED) is 0.857. The number of hydrogen-bond acceptors (Lipinski definition) is 4. The van der Waals surface area contributed by atoms with Crippen LogP contribution in [0.25, 0.3) is 0 Å². The molecule has 1 fully saturated rings.